The van der Waals surface area contributed by atoms with Crippen molar-refractivity contribution in [3.05, 3.63) is 48.3 Å². The highest BCUT2D eigenvalue weighted by Gasteiger charge is 2.30. The summed E-state index contributed by atoms with van der Waals surface area (Å²) in [5.41, 5.74) is 1.15. The van der Waals surface area contributed by atoms with Crippen LogP contribution in [0.3, 0.4) is 0 Å². The van der Waals surface area contributed by atoms with E-state index < -0.39 is 12.1 Å². The van der Waals surface area contributed by atoms with Crippen LogP contribution in [0.4, 0.5) is 0 Å². The van der Waals surface area contributed by atoms with E-state index in [1.807, 2.05) is 6.07 Å². The highest BCUT2D eigenvalue weighted by molar-refractivity contribution is 5.98. The van der Waals surface area contributed by atoms with Gasteiger partial charge in [0.05, 0.1) is 24.4 Å². The third-order valence-electron chi connectivity index (χ3n) is 3.51. The molecule has 22 heavy (non-hydrogen) atoms. The molecule has 0 unspecified atom stereocenters. The normalized spacial score (nSPS) is 18.2. The first kappa shape index (κ1) is 14.3. The first-order chi connectivity index (χ1) is 10.7. The Morgan fingerprint density at radius 3 is 2.82 bits per heavy atom. The van der Waals surface area contributed by atoms with E-state index >= 15 is 0 Å². The number of benzene rings is 1. The number of nitrogens with zero attached hydrogens (tertiary/aromatic N) is 3. The molecule has 1 atom stereocenters. The SMILES string of the molecule is O=C(O)[C@@H]1CN(C(=O)c2ccccc2-n2cccn2)CCO1. The molecule has 0 bridgehead atoms. The minimum atomic E-state index is -1.06. The van der Waals surface area contributed by atoms with Crippen LogP contribution < -0.4 is 0 Å². The van der Waals surface area contributed by atoms with E-state index in [9.17, 15) is 9.59 Å². The molecule has 7 nitrogen and oxygen atoms in total. The van der Waals surface area contributed by atoms with Gasteiger partial charge in [-0.1, -0.05) is 12.1 Å². The molecule has 1 aromatic heterocycles. The van der Waals surface area contributed by atoms with Gasteiger partial charge in [0.15, 0.2) is 6.10 Å². The number of morpholine rings is 1. The fourth-order valence-electron chi connectivity index (χ4n) is 2.42. The molecule has 1 amide bonds. The molecule has 0 saturated carbocycles. The lowest BCUT2D eigenvalue weighted by molar-refractivity contribution is -0.154. The zero-order valence-corrected chi connectivity index (χ0v) is 11.8. The van der Waals surface area contributed by atoms with E-state index in [0.717, 1.165) is 0 Å². The number of carboxylic acid groups (broad SMARTS) is 1. The Bertz CT molecular complexity index is 684. The fourth-order valence-corrected chi connectivity index (χ4v) is 2.42. The van der Waals surface area contributed by atoms with E-state index in [-0.39, 0.29) is 19.1 Å². The number of carboxylic acids is 1. The van der Waals surface area contributed by atoms with Crippen LogP contribution >= 0.6 is 0 Å². The second-order valence-corrected chi connectivity index (χ2v) is 4.92. The Morgan fingerprint density at radius 1 is 1.27 bits per heavy atom. The largest absolute Gasteiger partial charge is 0.479 e. The summed E-state index contributed by atoms with van der Waals surface area (Å²) in [5.74, 6) is -1.28. The summed E-state index contributed by atoms with van der Waals surface area (Å²) in [6.45, 7) is 0.629. The van der Waals surface area contributed by atoms with Crippen molar-refractivity contribution in [3.8, 4) is 5.69 Å². The van der Waals surface area contributed by atoms with Crippen molar-refractivity contribution in [1.82, 2.24) is 14.7 Å². The van der Waals surface area contributed by atoms with Gasteiger partial charge in [0.1, 0.15) is 0 Å². The van der Waals surface area contributed by atoms with Crippen LogP contribution in [-0.4, -0.2) is 57.5 Å². The van der Waals surface area contributed by atoms with Crippen molar-refractivity contribution < 1.29 is 19.4 Å². The van der Waals surface area contributed by atoms with Crippen LogP contribution in [0.1, 0.15) is 10.4 Å². The molecule has 2 heterocycles. The Morgan fingerprint density at radius 2 is 2.09 bits per heavy atom. The maximum absolute atomic E-state index is 12.7. The minimum absolute atomic E-state index is 0.0433. The highest BCUT2D eigenvalue weighted by atomic mass is 16.5. The lowest BCUT2D eigenvalue weighted by atomic mass is 10.1. The molecular weight excluding hydrogens is 286 g/mol. The Labute approximate surface area is 126 Å². The van der Waals surface area contributed by atoms with Gasteiger partial charge in [-0.15, -0.1) is 0 Å². The predicted molar refractivity (Wildman–Crippen MR) is 76.8 cm³/mol. The molecule has 2 aromatic rings. The Kier molecular flexibility index (Phi) is 3.88. The predicted octanol–water partition coefficient (Wildman–Crippen LogP) is 0.798. The highest BCUT2D eigenvalue weighted by Crippen LogP contribution is 2.17. The zero-order valence-electron chi connectivity index (χ0n) is 11.8. The number of amides is 1. The summed E-state index contributed by atoms with van der Waals surface area (Å²) < 4.78 is 6.76. The molecule has 1 N–H and O–H groups in total. The molecule has 1 saturated heterocycles. The van der Waals surface area contributed by atoms with Crippen LogP contribution in [-0.2, 0) is 9.53 Å². The van der Waals surface area contributed by atoms with Crippen molar-refractivity contribution >= 4 is 11.9 Å². The molecule has 1 aromatic carbocycles. The average Bonchev–Trinajstić information content (AvgIpc) is 3.08. The fraction of sp³-hybridized carbons (Fsp3) is 0.267. The summed E-state index contributed by atoms with van der Waals surface area (Å²) in [6.07, 6.45) is 2.41. The van der Waals surface area contributed by atoms with Crippen LogP contribution in [0.2, 0.25) is 0 Å². The zero-order chi connectivity index (χ0) is 15.5. The maximum atomic E-state index is 12.7. The number of carbonyl (C=O) groups excluding carboxylic acids is 1. The number of hydrogen-bond donors (Lipinski definition) is 1. The lowest BCUT2D eigenvalue weighted by Crippen LogP contribution is -2.48. The molecule has 1 fully saturated rings. The molecule has 0 aliphatic carbocycles. The van der Waals surface area contributed by atoms with Crippen LogP contribution in [0.15, 0.2) is 42.7 Å². The van der Waals surface area contributed by atoms with E-state index in [0.29, 0.717) is 17.8 Å². The van der Waals surface area contributed by atoms with Crippen LogP contribution in [0, 0.1) is 0 Å². The summed E-state index contributed by atoms with van der Waals surface area (Å²) in [6, 6.07) is 8.89. The topological polar surface area (TPSA) is 84.7 Å². The Balaban J connectivity index is 1.88. The first-order valence-electron chi connectivity index (χ1n) is 6.89. The molecule has 0 radical (unpaired) electrons. The van der Waals surface area contributed by atoms with Crippen molar-refractivity contribution in [3.63, 3.8) is 0 Å². The standard InChI is InChI=1S/C15H15N3O4/c19-14(17-8-9-22-13(10-17)15(20)21)11-4-1-2-5-12(11)18-7-3-6-16-18/h1-7,13H,8-10H2,(H,20,21)/t13-/m0/s1. The maximum Gasteiger partial charge on any atom is 0.334 e. The van der Waals surface area contributed by atoms with Gasteiger partial charge in [0.2, 0.25) is 0 Å². The molecule has 114 valence electrons. The molecule has 3 rings (SSSR count). The summed E-state index contributed by atoms with van der Waals surface area (Å²) in [4.78, 5) is 25.3. The van der Waals surface area contributed by atoms with Crippen LogP contribution in [0.5, 0.6) is 0 Å². The first-order valence-corrected chi connectivity index (χ1v) is 6.89. The molecule has 1 aliphatic heterocycles. The van der Waals surface area contributed by atoms with E-state index in [1.165, 1.54) is 4.90 Å². The number of rotatable bonds is 3. The molecule has 0 spiro atoms. The summed E-state index contributed by atoms with van der Waals surface area (Å²) in [5, 5.41) is 13.2. The van der Waals surface area contributed by atoms with Crippen LogP contribution in [0.25, 0.3) is 5.69 Å². The van der Waals surface area contributed by atoms with Crippen molar-refractivity contribution in [2.75, 3.05) is 19.7 Å². The summed E-state index contributed by atoms with van der Waals surface area (Å²) in [7, 11) is 0. The van der Waals surface area contributed by atoms with Gasteiger partial charge >= 0.3 is 5.97 Å². The van der Waals surface area contributed by atoms with Gasteiger partial charge in [-0.25, -0.2) is 9.48 Å². The molecule has 1 aliphatic rings. The van der Waals surface area contributed by atoms with Gasteiger partial charge in [-0.05, 0) is 18.2 Å². The third kappa shape index (κ3) is 2.71. The van der Waals surface area contributed by atoms with Gasteiger partial charge in [-0.2, -0.15) is 5.10 Å². The lowest BCUT2D eigenvalue weighted by Gasteiger charge is -2.31. The number of aliphatic carboxylic acids is 1. The molecule has 7 heteroatoms. The number of aromatic nitrogens is 2. The second-order valence-electron chi connectivity index (χ2n) is 4.92. The third-order valence-corrected chi connectivity index (χ3v) is 3.51. The van der Waals surface area contributed by atoms with Gasteiger partial charge in [0.25, 0.3) is 5.91 Å². The number of ether oxygens (including phenoxy) is 1. The van der Waals surface area contributed by atoms with E-state index in [2.05, 4.69) is 5.10 Å². The van der Waals surface area contributed by atoms with Crippen molar-refractivity contribution in [2.24, 2.45) is 0 Å². The van der Waals surface area contributed by atoms with E-state index in [1.54, 1.807) is 41.3 Å². The monoisotopic (exact) mass is 301 g/mol. The Hall–Kier alpha value is -2.67. The van der Waals surface area contributed by atoms with Gasteiger partial charge in [0, 0.05) is 18.9 Å². The van der Waals surface area contributed by atoms with Crippen molar-refractivity contribution in [1.29, 1.82) is 0 Å². The summed E-state index contributed by atoms with van der Waals surface area (Å²) >= 11 is 0. The minimum Gasteiger partial charge on any atom is -0.479 e. The second kappa shape index (κ2) is 5.98. The van der Waals surface area contributed by atoms with E-state index in [4.69, 9.17) is 9.84 Å². The molecular formula is C15H15N3O4. The number of para-hydroxylation sites is 1. The van der Waals surface area contributed by atoms with Crippen molar-refractivity contribution in [2.45, 2.75) is 6.10 Å². The smallest absolute Gasteiger partial charge is 0.334 e. The average molecular weight is 301 g/mol. The number of hydrogen-bond acceptors (Lipinski definition) is 4. The van der Waals surface area contributed by atoms with Gasteiger partial charge < -0.3 is 14.7 Å². The van der Waals surface area contributed by atoms with Gasteiger partial charge in [-0.3, -0.25) is 4.79 Å². The number of carbonyl (C=O) groups is 2. The quantitative estimate of drug-likeness (QED) is 0.906.